The molecule has 1 amide bonds. The quantitative estimate of drug-likeness (QED) is 0.530. The second kappa shape index (κ2) is 5.89. The molecule has 1 aromatic heterocycles. The minimum Gasteiger partial charge on any atom is -0.316 e. The van der Waals surface area contributed by atoms with Crippen LogP contribution in [-0.4, -0.2) is 21.9 Å². The van der Waals surface area contributed by atoms with Gasteiger partial charge in [-0.2, -0.15) is 18.3 Å². The van der Waals surface area contributed by atoms with Crippen LogP contribution in [0.5, 0.6) is 0 Å². The number of nitrogens with one attached hydrogen (secondary N) is 1. The molecular weight excluding hydrogens is 335 g/mol. The molecule has 0 radical (unpaired) electrons. The van der Waals surface area contributed by atoms with Crippen molar-refractivity contribution < 1.29 is 35.5 Å². The summed E-state index contributed by atoms with van der Waals surface area (Å²) in [6.07, 6.45) is -3.50. The molecule has 23 heavy (non-hydrogen) atoms. The lowest BCUT2D eigenvalue weighted by Gasteiger charge is -2.07. The zero-order chi connectivity index (χ0) is 17.4. The minimum atomic E-state index is -5.12. The SMILES string of the molecule is O=C(Nc1cnn(Cc2c(F)cc(F)c(F)c2F)c1)C(F)(F)F. The van der Waals surface area contributed by atoms with Crippen molar-refractivity contribution in [2.24, 2.45) is 0 Å². The summed E-state index contributed by atoms with van der Waals surface area (Å²) in [4.78, 5) is 10.7. The highest BCUT2D eigenvalue weighted by molar-refractivity contribution is 5.94. The van der Waals surface area contributed by atoms with Crippen molar-refractivity contribution in [3.8, 4) is 0 Å². The number of aromatic nitrogens is 2. The number of hydrogen-bond donors (Lipinski definition) is 1. The van der Waals surface area contributed by atoms with Crippen molar-refractivity contribution in [1.29, 1.82) is 0 Å². The van der Waals surface area contributed by atoms with Crippen molar-refractivity contribution in [1.82, 2.24) is 9.78 Å². The zero-order valence-electron chi connectivity index (χ0n) is 10.9. The van der Waals surface area contributed by atoms with Gasteiger partial charge in [-0.3, -0.25) is 9.48 Å². The second-order valence-electron chi connectivity index (χ2n) is 4.33. The largest absolute Gasteiger partial charge is 0.471 e. The Bertz CT molecular complexity index is 754. The molecule has 0 spiro atoms. The summed E-state index contributed by atoms with van der Waals surface area (Å²) in [5, 5.41) is 4.93. The molecule has 0 fully saturated rings. The third kappa shape index (κ3) is 3.60. The first-order chi connectivity index (χ1) is 10.6. The third-order valence-corrected chi connectivity index (χ3v) is 2.68. The van der Waals surface area contributed by atoms with Gasteiger partial charge >= 0.3 is 12.1 Å². The van der Waals surface area contributed by atoms with Crippen LogP contribution in [0.4, 0.5) is 36.4 Å². The molecule has 2 aromatic rings. The van der Waals surface area contributed by atoms with Crippen LogP contribution < -0.4 is 5.32 Å². The fourth-order valence-corrected chi connectivity index (χ4v) is 1.63. The standard InChI is InChI=1S/C12H6F7N3O/c13-7-1-8(14)10(16)9(15)6(7)4-22-3-5(2-20-22)21-11(23)12(17,18)19/h1-3H,4H2,(H,21,23). The summed E-state index contributed by atoms with van der Waals surface area (Å²) in [6.45, 7) is -0.725. The van der Waals surface area contributed by atoms with E-state index in [9.17, 15) is 35.5 Å². The van der Waals surface area contributed by atoms with Crippen LogP contribution in [-0.2, 0) is 11.3 Å². The Morgan fingerprint density at radius 1 is 1.13 bits per heavy atom. The van der Waals surface area contributed by atoms with Gasteiger partial charge in [-0.05, 0) is 0 Å². The number of rotatable bonds is 3. The van der Waals surface area contributed by atoms with Crippen molar-refractivity contribution in [2.45, 2.75) is 12.7 Å². The summed E-state index contributed by atoms with van der Waals surface area (Å²) in [5.74, 6) is -9.04. The van der Waals surface area contributed by atoms with Crippen LogP contribution in [0.3, 0.4) is 0 Å². The average molecular weight is 341 g/mol. The highest BCUT2D eigenvalue weighted by atomic mass is 19.4. The molecule has 0 saturated heterocycles. The van der Waals surface area contributed by atoms with E-state index in [-0.39, 0.29) is 6.07 Å². The molecule has 0 aliphatic heterocycles. The number of hydrogen-bond acceptors (Lipinski definition) is 2. The number of alkyl halides is 3. The van der Waals surface area contributed by atoms with Crippen LogP contribution in [0.1, 0.15) is 5.56 Å². The first-order valence-corrected chi connectivity index (χ1v) is 5.82. The van der Waals surface area contributed by atoms with E-state index in [1.165, 1.54) is 5.32 Å². The number of amides is 1. The van der Waals surface area contributed by atoms with Crippen LogP contribution in [0.2, 0.25) is 0 Å². The van der Waals surface area contributed by atoms with Gasteiger partial charge in [0.15, 0.2) is 17.5 Å². The maximum atomic E-state index is 13.5. The van der Waals surface area contributed by atoms with Gasteiger partial charge in [-0.15, -0.1) is 0 Å². The lowest BCUT2D eigenvalue weighted by atomic mass is 10.2. The number of carbonyl (C=O) groups is 1. The maximum Gasteiger partial charge on any atom is 0.471 e. The normalized spacial score (nSPS) is 11.6. The Labute approximate surface area is 123 Å². The van der Waals surface area contributed by atoms with E-state index < -0.39 is 53.1 Å². The van der Waals surface area contributed by atoms with Crippen LogP contribution in [0, 0.1) is 23.3 Å². The van der Waals surface area contributed by atoms with E-state index in [4.69, 9.17) is 0 Å². The Balaban J connectivity index is 2.21. The van der Waals surface area contributed by atoms with Gasteiger partial charge < -0.3 is 5.32 Å². The monoisotopic (exact) mass is 341 g/mol. The number of halogens is 7. The zero-order valence-corrected chi connectivity index (χ0v) is 10.9. The van der Waals surface area contributed by atoms with E-state index in [1.807, 2.05) is 0 Å². The average Bonchev–Trinajstić information content (AvgIpc) is 2.87. The van der Waals surface area contributed by atoms with Crippen LogP contribution in [0.15, 0.2) is 18.5 Å². The van der Waals surface area contributed by atoms with Crippen molar-refractivity contribution >= 4 is 11.6 Å². The lowest BCUT2D eigenvalue weighted by molar-refractivity contribution is -0.167. The van der Waals surface area contributed by atoms with Gasteiger partial charge in [0, 0.05) is 17.8 Å². The molecule has 0 aliphatic rings. The Kier molecular flexibility index (Phi) is 4.30. The lowest BCUT2D eigenvalue weighted by Crippen LogP contribution is -2.29. The first-order valence-electron chi connectivity index (χ1n) is 5.82. The molecule has 0 aliphatic carbocycles. The van der Waals surface area contributed by atoms with E-state index in [0.29, 0.717) is 0 Å². The molecule has 0 atom stereocenters. The van der Waals surface area contributed by atoms with Crippen molar-refractivity contribution in [3.63, 3.8) is 0 Å². The highest BCUT2D eigenvalue weighted by Gasteiger charge is 2.38. The first kappa shape index (κ1) is 16.8. The molecule has 1 aromatic carbocycles. The fourth-order valence-electron chi connectivity index (χ4n) is 1.63. The predicted octanol–water partition coefficient (Wildman–Crippen LogP) is 2.99. The molecule has 124 valence electrons. The highest BCUT2D eigenvalue weighted by Crippen LogP contribution is 2.21. The second-order valence-corrected chi connectivity index (χ2v) is 4.33. The van der Waals surface area contributed by atoms with E-state index in [2.05, 4.69) is 5.10 Å². The van der Waals surface area contributed by atoms with Gasteiger partial charge in [-0.25, -0.2) is 17.6 Å². The third-order valence-electron chi connectivity index (χ3n) is 2.68. The molecular formula is C12H6F7N3O. The predicted molar refractivity (Wildman–Crippen MR) is 62.3 cm³/mol. The van der Waals surface area contributed by atoms with Gasteiger partial charge in [0.05, 0.1) is 18.4 Å². The summed E-state index contributed by atoms with van der Waals surface area (Å²) in [7, 11) is 0. The molecule has 4 nitrogen and oxygen atoms in total. The molecule has 1 heterocycles. The molecule has 2 rings (SSSR count). The summed E-state index contributed by atoms with van der Waals surface area (Å²) < 4.78 is 89.7. The number of benzene rings is 1. The van der Waals surface area contributed by atoms with E-state index >= 15 is 0 Å². The van der Waals surface area contributed by atoms with Gasteiger partial charge in [0.1, 0.15) is 5.82 Å². The van der Waals surface area contributed by atoms with Crippen LogP contribution in [0.25, 0.3) is 0 Å². The fraction of sp³-hybridized carbons (Fsp3) is 0.167. The van der Waals surface area contributed by atoms with E-state index in [1.54, 1.807) is 0 Å². The van der Waals surface area contributed by atoms with Crippen molar-refractivity contribution in [3.05, 3.63) is 47.3 Å². The Morgan fingerprint density at radius 2 is 1.78 bits per heavy atom. The summed E-state index contributed by atoms with van der Waals surface area (Å²) in [6, 6.07) is 0.129. The molecule has 1 N–H and O–H groups in total. The van der Waals surface area contributed by atoms with Crippen molar-refractivity contribution in [2.75, 3.05) is 5.32 Å². The van der Waals surface area contributed by atoms with Gasteiger partial charge in [0.25, 0.3) is 0 Å². The summed E-state index contributed by atoms with van der Waals surface area (Å²) in [5.41, 5.74) is -1.27. The minimum absolute atomic E-state index is 0.129. The van der Waals surface area contributed by atoms with E-state index in [0.717, 1.165) is 17.1 Å². The number of nitrogens with zero attached hydrogens (tertiary/aromatic N) is 2. The smallest absolute Gasteiger partial charge is 0.316 e. The molecule has 0 unspecified atom stereocenters. The summed E-state index contributed by atoms with van der Waals surface area (Å²) >= 11 is 0. The molecule has 11 heteroatoms. The van der Waals surface area contributed by atoms with Gasteiger partial charge in [0.2, 0.25) is 0 Å². The van der Waals surface area contributed by atoms with Crippen LogP contribution >= 0.6 is 0 Å². The number of carbonyl (C=O) groups excluding carboxylic acids is 1. The molecule has 0 bridgehead atoms. The Morgan fingerprint density at radius 3 is 2.39 bits per heavy atom. The molecule has 0 saturated carbocycles. The van der Waals surface area contributed by atoms with Gasteiger partial charge in [-0.1, -0.05) is 0 Å². The topological polar surface area (TPSA) is 46.9 Å². The Hall–Kier alpha value is -2.59. The number of anilines is 1. The maximum absolute atomic E-state index is 13.5.